The first-order valence-corrected chi connectivity index (χ1v) is 9.89. The number of aliphatic imine (C=N–C) groups is 1. The summed E-state index contributed by atoms with van der Waals surface area (Å²) in [6, 6.07) is 7.18. The van der Waals surface area contributed by atoms with Gasteiger partial charge in [0.15, 0.2) is 5.96 Å². The lowest BCUT2D eigenvalue weighted by molar-refractivity contribution is -0.176. The highest BCUT2D eigenvalue weighted by Gasteiger charge is 2.27. The number of benzene rings is 1. The molecule has 2 N–H and O–H groups in total. The molecule has 0 aromatic heterocycles. The largest absolute Gasteiger partial charge is 0.411 e. The first-order valence-electron chi connectivity index (χ1n) is 9.89. The molecule has 0 aliphatic carbocycles. The molecule has 0 radical (unpaired) electrons. The number of rotatable bonds is 10. The van der Waals surface area contributed by atoms with E-state index in [9.17, 15) is 18.0 Å². The number of guanidine groups is 1. The molecule has 1 fully saturated rings. The van der Waals surface area contributed by atoms with Gasteiger partial charge in [0.05, 0.1) is 13.2 Å². The summed E-state index contributed by atoms with van der Waals surface area (Å²) in [4.78, 5) is 18.0. The molecular weight excluding hydrogens is 385 g/mol. The zero-order chi connectivity index (χ0) is 21.1. The zero-order valence-electron chi connectivity index (χ0n) is 16.7. The van der Waals surface area contributed by atoms with Gasteiger partial charge in [0.1, 0.15) is 6.61 Å². The van der Waals surface area contributed by atoms with Crippen molar-refractivity contribution in [3.63, 3.8) is 0 Å². The molecule has 9 heteroatoms. The van der Waals surface area contributed by atoms with Gasteiger partial charge in [-0.25, -0.2) is 4.99 Å². The Morgan fingerprint density at radius 2 is 2.07 bits per heavy atom. The van der Waals surface area contributed by atoms with Gasteiger partial charge in [0.2, 0.25) is 5.91 Å². The molecule has 2 rings (SSSR count). The Morgan fingerprint density at radius 3 is 2.76 bits per heavy atom. The lowest BCUT2D eigenvalue weighted by atomic mass is 10.1. The van der Waals surface area contributed by atoms with Crippen molar-refractivity contribution < 1.29 is 22.7 Å². The summed E-state index contributed by atoms with van der Waals surface area (Å²) in [6.07, 6.45) is -1.90. The quantitative estimate of drug-likeness (QED) is 0.351. The minimum absolute atomic E-state index is 0.0927. The second-order valence-corrected chi connectivity index (χ2v) is 6.89. The standard InChI is InChI=1S/C20H29F3N4O2/c1-2-24-19(25-9-5-11-27-10-4-8-18(27)28)26-13-16-6-3-7-17(12-16)14-29-15-20(21,22)23/h3,6-7,12H,2,4-5,8-11,13-15H2,1H3,(H2,24,25,26). The van der Waals surface area contributed by atoms with Crippen LogP contribution >= 0.6 is 0 Å². The lowest BCUT2D eigenvalue weighted by Gasteiger charge is -2.16. The van der Waals surface area contributed by atoms with Crippen LogP contribution < -0.4 is 10.6 Å². The molecule has 29 heavy (non-hydrogen) atoms. The molecule has 1 aromatic carbocycles. The smallest absolute Gasteiger partial charge is 0.367 e. The third kappa shape index (κ3) is 9.17. The Labute approximate surface area is 169 Å². The molecule has 6 nitrogen and oxygen atoms in total. The van der Waals surface area contributed by atoms with Gasteiger partial charge in [-0.05, 0) is 30.9 Å². The number of ether oxygens (including phenoxy) is 1. The fraction of sp³-hybridized carbons (Fsp3) is 0.600. The van der Waals surface area contributed by atoms with Gasteiger partial charge in [-0.2, -0.15) is 13.2 Å². The average molecular weight is 414 g/mol. The normalized spacial score (nSPS) is 15.1. The topological polar surface area (TPSA) is 66.0 Å². The van der Waals surface area contributed by atoms with Crippen LogP contribution in [0.3, 0.4) is 0 Å². The predicted molar refractivity (Wildman–Crippen MR) is 105 cm³/mol. The van der Waals surface area contributed by atoms with Crippen LogP contribution in [-0.4, -0.2) is 55.7 Å². The van der Waals surface area contributed by atoms with Gasteiger partial charge < -0.3 is 20.3 Å². The van der Waals surface area contributed by atoms with Crippen LogP contribution in [-0.2, 0) is 22.7 Å². The highest BCUT2D eigenvalue weighted by molar-refractivity contribution is 5.79. The number of carbonyl (C=O) groups excluding carboxylic acids is 1. The number of amides is 1. The van der Waals surface area contributed by atoms with E-state index in [2.05, 4.69) is 15.6 Å². The summed E-state index contributed by atoms with van der Waals surface area (Å²) in [5.41, 5.74) is 1.56. The molecule has 1 aliphatic rings. The number of likely N-dealkylation sites (tertiary alicyclic amines) is 1. The number of carbonyl (C=O) groups is 1. The molecule has 1 saturated heterocycles. The number of nitrogens with one attached hydrogen (secondary N) is 2. The van der Waals surface area contributed by atoms with Crippen LogP contribution in [0.1, 0.15) is 37.3 Å². The Morgan fingerprint density at radius 1 is 1.28 bits per heavy atom. The summed E-state index contributed by atoms with van der Waals surface area (Å²) < 4.78 is 41.2. The van der Waals surface area contributed by atoms with Crippen molar-refractivity contribution in [2.24, 2.45) is 4.99 Å². The van der Waals surface area contributed by atoms with Crippen molar-refractivity contribution in [1.82, 2.24) is 15.5 Å². The third-order valence-corrected chi connectivity index (χ3v) is 4.36. The fourth-order valence-electron chi connectivity index (χ4n) is 3.03. The molecule has 1 aromatic rings. The van der Waals surface area contributed by atoms with E-state index < -0.39 is 12.8 Å². The van der Waals surface area contributed by atoms with Gasteiger partial charge >= 0.3 is 6.18 Å². The Kier molecular flexibility index (Phi) is 9.24. The summed E-state index contributed by atoms with van der Waals surface area (Å²) >= 11 is 0. The Bertz CT molecular complexity index is 680. The van der Waals surface area contributed by atoms with Gasteiger partial charge in [-0.15, -0.1) is 0 Å². The molecule has 0 spiro atoms. The summed E-state index contributed by atoms with van der Waals surface area (Å²) in [7, 11) is 0. The SMILES string of the molecule is CCNC(=NCc1cccc(COCC(F)(F)F)c1)NCCCN1CCCC1=O. The molecule has 1 amide bonds. The van der Waals surface area contributed by atoms with Crippen molar-refractivity contribution in [1.29, 1.82) is 0 Å². The maximum absolute atomic E-state index is 12.2. The fourth-order valence-corrected chi connectivity index (χ4v) is 3.03. The number of alkyl halides is 3. The van der Waals surface area contributed by atoms with E-state index in [1.807, 2.05) is 17.9 Å². The van der Waals surface area contributed by atoms with Crippen molar-refractivity contribution >= 4 is 11.9 Å². The molecule has 1 aliphatic heterocycles. The maximum atomic E-state index is 12.2. The monoisotopic (exact) mass is 414 g/mol. The van der Waals surface area contributed by atoms with Gasteiger partial charge in [0, 0.05) is 32.6 Å². The van der Waals surface area contributed by atoms with Crippen molar-refractivity contribution in [2.75, 3.05) is 32.8 Å². The summed E-state index contributed by atoms with van der Waals surface area (Å²) in [5.74, 6) is 0.892. The molecule has 0 atom stereocenters. The number of hydrogen-bond acceptors (Lipinski definition) is 3. The van der Waals surface area contributed by atoms with Crippen LogP contribution in [0.4, 0.5) is 13.2 Å². The van der Waals surface area contributed by atoms with E-state index in [0.717, 1.165) is 31.5 Å². The number of hydrogen-bond donors (Lipinski definition) is 2. The molecule has 0 saturated carbocycles. The molecule has 0 unspecified atom stereocenters. The van der Waals surface area contributed by atoms with Crippen LogP contribution in [0, 0.1) is 0 Å². The first-order chi connectivity index (χ1) is 13.9. The average Bonchev–Trinajstić information content (AvgIpc) is 3.07. The third-order valence-electron chi connectivity index (χ3n) is 4.36. The maximum Gasteiger partial charge on any atom is 0.411 e. The van der Waals surface area contributed by atoms with E-state index in [-0.39, 0.29) is 12.5 Å². The van der Waals surface area contributed by atoms with Crippen LogP contribution in [0.2, 0.25) is 0 Å². The van der Waals surface area contributed by atoms with Crippen LogP contribution in [0.15, 0.2) is 29.3 Å². The highest BCUT2D eigenvalue weighted by Crippen LogP contribution is 2.16. The van der Waals surface area contributed by atoms with Crippen molar-refractivity contribution in [2.45, 2.75) is 45.5 Å². The van der Waals surface area contributed by atoms with E-state index in [0.29, 0.717) is 37.6 Å². The van der Waals surface area contributed by atoms with E-state index in [4.69, 9.17) is 4.74 Å². The minimum Gasteiger partial charge on any atom is -0.367 e. The number of halogens is 3. The minimum atomic E-state index is -4.32. The Hall–Kier alpha value is -2.29. The van der Waals surface area contributed by atoms with E-state index >= 15 is 0 Å². The highest BCUT2D eigenvalue weighted by atomic mass is 19.4. The lowest BCUT2D eigenvalue weighted by Crippen LogP contribution is -2.39. The Balaban J connectivity index is 1.79. The second-order valence-electron chi connectivity index (χ2n) is 6.89. The number of nitrogens with zero attached hydrogens (tertiary/aromatic N) is 2. The second kappa shape index (κ2) is 11.6. The molecular formula is C20H29F3N4O2. The first kappa shape index (κ1) is 23.0. The van der Waals surface area contributed by atoms with Crippen LogP contribution in [0.5, 0.6) is 0 Å². The van der Waals surface area contributed by atoms with Crippen molar-refractivity contribution in [3.8, 4) is 0 Å². The summed E-state index contributed by atoms with van der Waals surface area (Å²) in [6.45, 7) is 4.01. The molecule has 162 valence electrons. The van der Waals surface area contributed by atoms with E-state index in [1.165, 1.54) is 0 Å². The van der Waals surface area contributed by atoms with Gasteiger partial charge in [0.25, 0.3) is 0 Å². The predicted octanol–water partition coefficient (Wildman–Crippen LogP) is 2.83. The molecule has 1 heterocycles. The van der Waals surface area contributed by atoms with E-state index in [1.54, 1.807) is 18.2 Å². The zero-order valence-corrected chi connectivity index (χ0v) is 16.7. The van der Waals surface area contributed by atoms with Gasteiger partial charge in [-0.3, -0.25) is 4.79 Å². The van der Waals surface area contributed by atoms with Crippen LogP contribution in [0.25, 0.3) is 0 Å². The molecule has 0 bridgehead atoms. The summed E-state index contributed by atoms with van der Waals surface area (Å²) in [5, 5.41) is 6.41. The van der Waals surface area contributed by atoms with Crippen molar-refractivity contribution in [3.05, 3.63) is 35.4 Å². The van der Waals surface area contributed by atoms with Gasteiger partial charge in [-0.1, -0.05) is 24.3 Å².